The Balaban J connectivity index is 2.16. The molecule has 2 rings (SSSR count). The summed E-state index contributed by atoms with van der Waals surface area (Å²) in [5.74, 6) is 1.02. The Morgan fingerprint density at radius 2 is 1.74 bits per heavy atom. The molecular formula is C34H51BrO7. The van der Waals surface area contributed by atoms with E-state index >= 15 is 0 Å². The molecule has 2 aromatic carbocycles. The van der Waals surface area contributed by atoms with Crippen molar-refractivity contribution in [3.63, 3.8) is 0 Å². The first-order chi connectivity index (χ1) is 20.1. The van der Waals surface area contributed by atoms with Crippen LogP contribution in [0.25, 0.3) is 0 Å². The second-order valence-corrected chi connectivity index (χ2v) is 12.1. The van der Waals surface area contributed by atoms with Gasteiger partial charge >= 0.3 is 0 Å². The largest absolute Gasteiger partial charge is 0.497 e. The van der Waals surface area contributed by atoms with Crippen LogP contribution in [-0.2, 0) is 35.7 Å². The minimum absolute atomic E-state index is 0.203. The maximum atomic E-state index is 11.4. The number of methoxy groups -OCH3 is 3. The number of ether oxygens (including phenoxy) is 6. The number of benzene rings is 2. The quantitative estimate of drug-likeness (QED) is 0.0878. The molecular weight excluding hydrogens is 600 g/mol. The lowest BCUT2D eigenvalue weighted by molar-refractivity contribution is -0.0719. The van der Waals surface area contributed by atoms with Gasteiger partial charge in [0.2, 0.25) is 0 Å². The zero-order valence-corrected chi connectivity index (χ0v) is 28.0. The molecule has 0 radical (unpaired) electrons. The van der Waals surface area contributed by atoms with Gasteiger partial charge in [0.1, 0.15) is 12.5 Å². The Morgan fingerprint density at radius 3 is 2.36 bits per heavy atom. The first-order valence-electron chi connectivity index (χ1n) is 14.7. The summed E-state index contributed by atoms with van der Waals surface area (Å²) < 4.78 is 35.0. The number of aliphatic hydroxyl groups excluding tert-OH is 1. The summed E-state index contributed by atoms with van der Waals surface area (Å²) in [4.78, 5) is 0. The van der Waals surface area contributed by atoms with E-state index in [1.54, 1.807) is 21.3 Å². The first-order valence-corrected chi connectivity index (χ1v) is 15.5. The van der Waals surface area contributed by atoms with Crippen molar-refractivity contribution >= 4 is 15.9 Å². The molecule has 0 bridgehead atoms. The van der Waals surface area contributed by atoms with Crippen LogP contribution in [0.5, 0.6) is 5.75 Å². The van der Waals surface area contributed by atoms with E-state index in [0.717, 1.165) is 33.3 Å². The molecule has 8 heteroatoms. The van der Waals surface area contributed by atoms with E-state index in [1.165, 1.54) is 0 Å². The van der Waals surface area contributed by atoms with Crippen LogP contribution >= 0.6 is 15.9 Å². The lowest BCUT2D eigenvalue weighted by atomic mass is 9.77. The van der Waals surface area contributed by atoms with Gasteiger partial charge in [-0.25, -0.2) is 0 Å². The minimum Gasteiger partial charge on any atom is -0.497 e. The van der Waals surface area contributed by atoms with Crippen molar-refractivity contribution in [3.8, 4) is 5.75 Å². The van der Waals surface area contributed by atoms with Gasteiger partial charge in [-0.2, -0.15) is 0 Å². The van der Waals surface area contributed by atoms with Gasteiger partial charge in [-0.15, -0.1) is 0 Å². The number of hydrogen-bond acceptors (Lipinski definition) is 7. The molecule has 0 aliphatic carbocycles. The van der Waals surface area contributed by atoms with Crippen LogP contribution in [0.1, 0.15) is 58.1 Å². The molecule has 0 spiro atoms. The number of hydrogen-bond donors (Lipinski definition) is 1. The average Bonchev–Trinajstić information content (AvgIpc) is 2.99. The molecule has 1 N–H and O–H groups in total. The molecule has 2 aromatic rings. The van der Waals surface area contributed by atoms with Crippen LogP contribution in [0.15, 0.2) is 64.7 Å². The molecule has 7 nitrogen and oxygen atoms in total. The zero-order valence-electron chi connectivity index (χ0n) is 26.4. The Bertz CT molecular complexity index is 1040. The van der Waals surface area contributed by atoms with Crippen LogP contribution in [0, 0.1) is 5.92 Å². The highest BCUT2D eigenvalue weighted by Crippen LogP contribution is 2.33. The molecule has 4 unspecified atom stereocenters. The SMILES string of the molecule is CCC(/C=C(/C)C(CC(CC(O)C(C)(C)c1cccc(Br)c1)OC)OCc1ccc(OC)cc1)COCOCCOC. The van der Waals surface area contributed by atoms with E-state index in [1.807, 2.05) is 36.4 Å². The van der Waals surface area contributed by atoms with Crippen LogP contribution in [0.2, 0.25) is 0 Å². The summed E-state index contributed by atoms with van der Waals surface area (Å²) in [7, 11) is 5.01. The van der Waals surface area contributed by atoms with Gasteiger partial charge in [-0.3, -0.25) is 0 Å². The first kappa shape index (κ1) is 36.4. The van der Waals surface area contributed by atoms with E-state index in [0.29, 0.717) is 39.3 Å². The molecule has 0 saturated heterocycles. The topological polar surface area (TPSA) is 75.6 Å². The van der Waals surface area contributed by atoms with E-state index in [-0.39, 0.29) is 24.9 Å². The molecule has 0 fully saturated rings. The normalized spacial score (nSPS) is 15.3. The van der Waals surface area contributed by atoms with Gasteiger partial charge in [0.15, 0.2) is 0 Å². The van der Waals surface area contributed by atoms with Crippen molar-refractivity contribution in [2.24, 2.45) is 5.92 Å². The van der Waals surface area contributed by atoms with Crippen molar-refractivity contribution in [3.05, 3.63) is 75.8 Å². The third-order valence-electron chi connectivity index (χ3n) is 7.77. The molecule has 42 heavy (non-hydrogen) atoms. The zero-order chi connectivity index (χ0) is 31.0. The summed E-state index contributed by atoms with van der Waals surface area (Å²) in [6.07, 6.45) is 3.23. The average molecular weight is 652 g/mol. The number of aliphatic hydroxyl groups is 1. The van der Waals surface area contributed by atoms with E-state index in [4.69, 9.17) is 28.4 Å². The predicted molar refractivity (Wildman–Crippen MR) is 171 cm³/mol. The highest BCUT2D eigenvalue weighted by Gasteiger charge is 2.33. The maximum Gasteiger partial charge on any atom is 0.146 e. The van der Waals surface area contributed by atoms with Crippen LogP contribution in [0.4, 0.5) is 0 Å². The summed E-state index contributed by atoms with van der Waals surface area (Å²) in [5, 5.41) is 11.4. The van der Waals surface area contributed by atoms with Crippen molar-refractivity contribution in [2.75, 3.05) is 47.9 Å². The molecule has 0 aromatic heterocycles. The Hall–Kier alpha value is -1.78. The third-order valence-corrected chi connectivity index (χ3v) is 8.26. The Labute approximate surface area is 261 Å². The molecule has 0 heterocycles. The van der Waals surface area contributed by atoms with Gasteiger partial charge in [0.25, 0.3) is 0 Å². The van der Waals surface area contributed by atoms with Crippen LogP contribution in [0.3, 0.4) is 0 Å². The van der Waals surface area contributed by atoms with E-state index in [2.05, 4.69) is 61.8 Å². The summed E-state index contributed by atoms with van der Waals surface area (Å²) in [5.41, 5.74) is 2.78. The highest BCUT2D eigenvalue weighted by atomic mass is 79.9. The lowest BCUT2D eigenvalue weighted by Gasteiger charge is -2.34. The van der Waals surface area contributed by atoms with Crippen molar-refractivity contribution in [2.45, 2.75) is 77.3 Å². The van der Waals surface area contributed by atoms with Crippen molar-refractivity contribution in [1.82, 2.24) is 0 Å². The molecule has 4 atom stereocenters. The van der Waals surface area contributed by atoms with Gasteiger partial charge in [-0.05, 0) is 54.3 Å². The van der Waals surface area contributed by atoms with Crippen molar-refractivity contribution < 1.29 is 33.5 Å². The summed E-state index contributed by atoms with van der Waals surface area (Å²) in [6, 6.07) is 16.0. The molecule has 0 amide bonds. The lowest BCUT2D eigenvalue weighted by Crippen LogP contribution is -2.38. The summed E-state index contributed by atoms with van der Waals surface area (Å²) in [6.45, 7) is 10.7. The second-order valence-electron chi connectivity index (χ2n) is 11.2. The fourth-order valence-electron chi connectivity index (χ4n) is 4.68. The van der Waals surface area contributed by atoms with Crippen LogP contribution < -0.4 is 4.74 Å². The fourth-order valence-corrected chi connectivity index (χ4v) is 5.08. The van der Waals surface area contributed by atoms with Gasteiger partial charge in [-0.1, -0.05) is 67.0 Å². The Kier molecular flexibility index (Phi) is 16.9. The second kappa shape index (κ2) is 19.5. The van der Waals surface area contributed by atoms with Gasteiger partial charge < -0.3 is 33.5 Å². The maximum absolute atomic E-state index is 11.4. The van der Waals surface area contributed by atoms with E-state index in [9.17, 15) is 5.11 Å². The van der Waals surface area contributed by atoms with Crippen molar-refractivity contribution in [1.29, 1.82) is 0 Å². The molecule has 236 valence electrons. The number of rotatable bonds is 21. The van der Waals surface area contributed by atoms with E-state index < -0.39 is 11.5 Å². The van der Waals surface area contributed by atoms with Gasteiger partial charge in [0.05, 0.1) is 51.8 Å². The fraction of sp³-hybridized carbons (Fsp3) is 0.588. The predicted octanol–water partition coefficient (Wildman–Crippen LogP) is 7.09. The third kappa shape index (κ3) is 12.4. The standard InChI is InChI=1S/C34H51BrO7/c1-8-26(22-41-24-40-17-16-37-5)18-25(2)32(42-23-27-12-14-30(38-6)15-13-27)20-31(39-7)21-33(36)34(3,4)28-10-9-11-29(35)19-28/h9-15,18-19,26,31-33,36H,8,16-17,20-24H2,1-7H3/b25-18-. The Morgan fingerprint density at radius 1 is 1.00 bits per heavy atom. The number of halogens is 1. The van der Waals surface area contributed by atoms with Crippen LogP contribution in [-0.4, -0.2) is 71.4 Å². The smallest absolute Gasteiger partial charge is 0.146 e. The summed E-state index contributed by atoms with van der Waals surface area (Å²) >= 11 is 3.56. The monoisotopic (exact) mass is 650 g/mol. The molecule has 0 saturated carbocycles. The van der Waals surface area contributed by atoms with Gasteiger partial charge in [0, 0.05) is 42.9 Å². The minimum atomic E-state index is -0.613. The highest BCUT2D eigenvalue weighted by molar-refractivity contribution is 9.10. The molecule has 0 aliphatic heterocycles. The molecule has 0 aliphatic rings.